The minimum atomic E-state index is -5.08. The second-order valence-electron chi connectivity index (χ2n) is 10.9. The minimum absolute atomic E-state index is 0.0379. The molecule has 1 fully saturated rings. The molecule has 10 heteroatoms. The second-order valence-corrected chi connectivity index (χ2v) is 11.8. The molecular formula is C30H34F4N2O3S. The minimum Gasteiger partial charge on any atom is -0.475 e. The van der Waals surface area contributed by atoms with Crippen molar-refractivity contribution in [3.8, 4) is 11.1 Å². The lowest BCUT2D eigenvalue weighted by Gasteiger charge is -2.25. The van der Waals surface area contributed by atoms with Crippen LogP contribution in [0.15, 0.2) is 60.0 Å². The van der Waals surface area contributed by atoms with Crippen molar-refractivity contribution >= 4 is 23.2 Å². The molecule has 0 aliphatic carbocycles. The number of nitrogens with zero attached hydrogens (tertiary/aromatic N) is 1. The Kier molecular flexibility index (Phi) is 10.5. The molecule has 2 heterocycles. The van der Waals surface area contributed by atoms with E-state index in [1.165, 1.54) is 34.6 Å². The zero-order valence-corrected chi connectivity index (χ0v) is 23.5. The first-order valence-electron chi connectivity index (χ1n) is 13.0. The molecule has 1 atom stereocenters. The number of benzene rings is 2. The Bertz CT molecular complexity index is 1280. The summed E-state index contributed by atoms with van der Waals surface area (Å²) in [6.07, 6.45) is -1.83. The van der Waals surface area contributed by atoms with E-state index in [1.807, 2.05) is 17.5 Å². The molecule has 4 rings (SSSR count). The maximum atomic E-state index is 13.5. The van der Waals surface area contributed by atoms with Gasteiger partial charge in [0, 0.05) is 19.1 Å². The normalized spacial score (nSPS) is 16.4. The predicted molar refractivity (Wildman–Crippen MR) is 149 cm³/mol. The Hall–Kier alpha value is -3.24. The zero-order chi connectivity index (χ0) is 29.5. The number of carbonyl (C=O) groups is 2. The van der Waals surface area contributed by atoms with Gasteiger partial charge in [0.1, 0.15) is 5.82 Å². The molecule has 0 spiro atoms. The smallest absolute Gasteiger partial charge is 0.475 e. The van der Waals surface area contributed by atoms with Crippen molar-refractivity contribution in [3.05, 3.63) is 81.8 Å². The monoisotopic (exact) mass is 578 g/mol. The molecule has 2 N–H and O–H groups in total. The van der Waals surface area contributed by atoms with Crippen LogP contribution in [-0.4, -0.2) is 47.2 Å². The number of halogens is 4. The van der Waals surface area contributed by atoms with E-state index >= 15 is 0 Å². The Morgan fingerprint density at radius 2 is 1.70 bits per heavy atom. The summed E-state index contributed by atoms with van der Waals surface area (Å²) >= 11 is 1.41. The highest BCUT2D eigenvalue weighted by molar-refractivity contribution is 7.12. The lowest BCUT2D eigenvalue weighted by Crippen LogP contribution is -2.42. The molecular weight excluding hydrogens is 544 g/mol. The molecule has 1 aliphatic rings. The highest BCUT2D eigenvalue weighted by Gasteiger charge is 2.38. The van der Waals surface area contributed by atoms with Crippen LogP contribution in [0.2, 0.25) is 0 Å². The number of carbonyl (C=O) groups excluding carboxylic acids is 1. The average molecular weight is 579 g/mol. The number of carboxylic acid groups (broad SMARTS) is 1. The second kappa shape index (κ2) is 13.4. The lowest BCUT2D eigenvalue weighted by molar-refractivity contribution is -0.192. The highest BCUT2D eigenvalue weighted by atomic mass is 32.1. The maximum absolute atomic E-state index is 13.5. The number of hydrogen-bond acceptors (Lipinski definition) is 4. The van der Waals surface area contributed by atoms with Gasteiger partial charge in [-0.2, -0.15) is 13.2 Å². The van der Waals surface area contributed by atoms with E-state index in [2.05, 4.69) is 55.3 Å². The molecule has 1 amide bonds. The molecule has 0 saturated carbocycles. The quantitative estimate of drug-likeness (QED) is 0.313. The zero-order valence-electron chi connectivity index (χ0n) is 22.7. The molecule has 0 bridgehead atoms. The number of thiophene rings is 1. The van der Waals surface area contributed by atoms with Gasteiger partial charge in [0.15, 0.2) is 0 Å². The van der Waals surface area contributed by atoms with Crippen molar-refractivity contribution in [2.24, 2.45) is 0 Å². The summed E-state index contributed by atoms with van der Waals surface area (Å²) in [6.45, 7) is 9.51. The van der Waals surface area contributed by atoms with E-state index in [0.29, 0.717) is 4.88 Å². The Balaban J connectivity index is 0.000000559. The first-order chi connectivity index (χ1) is 18.7. The van der Waals surface area contributed by atoms with Crippen LogP contribution in [0.1, 0.15) is 60.8 Å². The summed E-state index contributed by atoms with van der Waals surface area (Å²) in [6, 6.07) is 17.4. The van der Waals surface area contributed by atoms with Gasteiger partial charge in [0.25, 0.3) is 5.91 Å². The molecule has 216 valence electrons. The van der Waals surface area contributed by atoms with Crippen molar-refractivity contribution in [1.29, 1.82) is 0 Å². The van der Waals surface area contributed by atoms with Gasteiger partial charge in [-0.25, -0.2) is 9.18 Å². The van der Waals surface area contributed by atoms with E-state index in [9.17, 15) is 22.4 Å². The van der Waals surface area contributed by atoms with E-state index < -0.39 is 12.1 Å². The SMILES string of the molecule is CC(C)(C)c1ccc(CN2CCCCC(NC(=O)c3cc(-c4cccc(F)c4)cs3)C2)cc1.O=C(O)C(F)(F)F. The van der Waals surface area contributed by atoms with Crippen molar-refractivity contribution in [2.45, 2.75) is 64.2 Å². The molecule has 1 unspecified atom stereocenters. The molecule has 0 radical (unpaired) electrons. The van der Waals surface area contributed by atoms with Gasteiger partial charge in [-0.3, -0.25) is 9.69 Å². The Morgan fingerprint density at radius 3 is 2.30 bits per heavy atom. The largest absolute Gasteiger partial charge is 0.490 e. The first kappa shape index (κ1) is 31.3. The third-order valence-corrected chi connectivity index (χ3v) is 7.47. The third kappa shape index (κ3) is 9.45. The topological polar surface area (TPSA) is 69.6 Å². The van der Waals surface area contributed by atoms with Crippen LogP contribution in [0, 0.1) is 5.82 Å². The van der Waals surface area contributed by atoms with Crippen molar-refractivity contribution in [3.63, 3.8) is 0 Å². The fourth-order valence-electron chi connectivity index (χ4n) is 4.38. The standard InChI is InChI=1S/C28H33FN2OS.C2HF3O2/c1-28(2,3)23-12-10-20(11-13-23)17-31-14-5-4-9-25(18-31)30-27(32)26-16-22(19-33-26)21-7-6-8-24(29)15-21;3-2(4,5)1(6)7/h6-8,10-13,15-16,19,25H,4-5,9,14,17-18H2,1-3H3,(H,30,32);(H,6,7). The Morgan fingerprint density at radius 1 is 1.02 bits per heavy atom. The number of amides is 1. The van der Waals surface area contributed by atoms with E-state index in [0.717, 1.165) is 50.0 Å². The molecule has 2 aromatic carbocycles. The predicted octanol–water partition coefficient (Wildman–Crippen LogP) is 7.27. The van der Waals surface area contributed by atoms with Gasteiger partial charge in [-0.15, -0.1) is 11.3 Å². The summed E-state index contributed by atoms with van der Waals surface area (Å²) in [5, 5.41) is 12.3. The lowest BCUT2D eigenvalue weighted by atomic mass is 9.87. The number of carboxylic acids is 1. The number of aliphatic carboxylic acids is 1. The van der Waals surface area contributed by atoms with Gasteiger partial charge in [-0.05, 0) is 70.6 Å². The number of likely N-dealkylation sites (tertiary alicyclic amines) is 1. The van der Waals surface area contributed by atoms with Crippen LogP contribution in [0.4, 0.5) is 17.6 Å². The summed E-state index contributed by atoms with van der Waals surface area (Å²) in [7, 11) is 0. The number of nitrogens with one attached hydrogen (secondary N) is 1. The molecule has 40 heavy (non-hydrogen) atoms. The van der Waals surface area contributed by atoms with Crippen molar-refractivity contribution in [1.82, 2.24) is 10.2 Å². The fraction of sp³-hybridized carbons (Fsp3) is 0.400. The van der Waals surface area contributed by atoms with Gasteiger partial charge < -0.3 is 10.4 Å². The fourth-order valence-corrected chi connectivity index (χ4v) is 5.20. The van der Waals surface area contributed by atoms with Crippen LogP contribution in [0.3, 0.4) is 0 Å². The van der Waals surface area contributed by atoms with Crippen LogP contribution in [0.5, 0.6) is 0 Å². The summed E-state index contributed by atoms with van der Waals surface area (Å²) in [5.41, 5.74) is 4.50. The van der Waals surface area contributed by atoms with Crippen LogP contribution in [-0.2, 0) is 16.8 Å². The molecule has 1 aromatic heterocycles. The van der Waals surface area contributed by atoms with Crippen LogP contribution < -0.4 is 5.32 Å². The maximum Gasteiger partial charge on any atom is 0.490 e. The van der Waals surface area contributed by atoms with Gasteiger partial charge in [-0.1, -0.05) is 63.6 Å². The van der Waals surface area contributed by atoms with Gasteiger partial charge in [0.05, 0.1) is 4.88 Å². The summed E-state index contributed by atoms with van der Waals surface area (Å²) in [4.78, 5) is 25.0. The third-order valence-electron chi connectivity index (χ3n) is 6.54. The molecule has 5 nitrogen and oxygen atoms in total. The van der Waals surface area contributed by atoms with E-state index in [1.54, 1.807) is 6.07 Å². The van der Waals surface area contributed by atoms with Crippen LogP contribution >= 0.6 is 11.3 Å². The average Bonchev–Trinajstić information content (AvgIpc) is 3.27. The van der Waals surface area contributed by atoms with E-state index in [-0.39, 0.29) is 23.2 Å². The molecule has 1 aliphatic heterocycles. The van der Waals surface area contributed by atoms with Crippen molar-refractivity contribution in [2.75, 3.05) is 13.1 Å². The van der Waals surface area contributed by atoms with E-state index in [4.69, 9.17) is 9.90 Å². The van der Waals surface area contributed by atoms with Gasteiger partial charge >= 0.3 is 12.1 Å². The number of rotatable bonds is 5. The van der Waals surface area contributed by atoms with Crippen LogP contribution in [0.25, 0.3) is 11.1 Å². The summed E-state index contributed by atoms with van der Waals surface area (Å²) < 4.78 is 45.3. The molecule has 3 aromatic rings. The first-order valence-corrected chi connectivity index (χ1v) is 13.9. The number of alkyl halides is 3. The van der Waals surface area contributed by atoms with Gasteiger partial charge in [0.2, 0.25) is 0 Å². The highest BCUT2D eigenvalue weighted by Crippen LogP contribution is 2.27. The number of hydrogen-bond donors (Lipinski definition) is 2. The molecule has 1 saturated heterocycles. The van der Waals surface area contributed by atoms with Crippen molar-refractivity contribution < 1.29 is 32.3 Å². The summed E-state index contributed by atoms with van der Waals surface area (Å²) in [5.74, 6) is -3.06. The Labute approximate surface area is 235 Å².